The average molecular weight is 342 g/mol. The molecule has 1 heterocycles. The van der Waals surface area contributed by atoms with E-state index >= 15 is 0 Å². The van der Waals surface area contributed by atoms with E-state index in [9.17, 15) is 4.79 Å². The van der Waals surface area contributed by atoms with Crippen LogP contribution in [0.25, 0.3) is 0 Å². The van der Waals surface area contributed by atoms with Crippen LogP contribution in [0.4, 0.5) is 0 Å². The van der Waals surface area contributed by atoms with Crippen LogP contribution in [0.1, 0.15) is 63.4 Å². The fourth-order valence-corrected chi connectivity index (χ4v) is 4.49. The summed E-state index contributed by atoms with van der Waals surface area (Å²) in [6.45, 7) is 0. The number of amides is 1. The molecule has 1 spiro atoms. The summed E-state index contributed by atoms with van der Waals surface area (Å²) >= 11 is 0. The largest absolute Gasteiger partial charge is 0.493 e. The highest BCUT2D eigenvalue weighted by atomic mass is 16.5. The Bertz CT molecular complexity index is 686. The first-order valence-corrected chi connectivity index (χ1v) is 9.47. The molecule has 25 heavy (non-hydrogen) atoms. The van der Waals surface area contributed by atoms with Gasteiger partial charge in [-0.2, -0.15) is 5.10 Å². The van der Waals surface area contributed by atoms with Gasteiger partial charge in [-0.05, 0) is 56.7 Å². The van der Waals surface area contributed by atoms with Crippen LogP contribution in [0.2, 0.25) is 0 Å². The molecule has 0 atom stereocenters. The van der Waals surface area contributed by atoms with Crippen LogP contribution in [0, 0.1) is 5.41 Å². The van der Waals surface area contributed by atoms with Crippen molar-refractivity contribution in [2.24, 2.45) is 10.5 Å². The Hall–Kier alpha value is -2.04. The monoisotopic (exact) mass is 342 g/mol. The topological polar surface area (TPSA) is 59.9 Å². The molecule has 1 N–H and O–H groups in total. The number of hydrogen-bond donors (Lipinski definition) is 1. The maximum absolute atomic E-state index is 12.5. The van der Waals surface area contributed by atoms with Crippen LogP contribution in [-0.4, -0.2) is 24.8 Å². The van der Waals surface area contributed by atoms with Crippen molar-refractivity contribution in [3.8, 4) is 11.5 Å². The SMILES string of the molecule is COc1ccc(C2=NNC(=O)C23CCCCC3)cc1OC1CCCC1. The number of nitrogens with zero attached hydrogens (tertiary/aromatic N) is 1. The van der Waals surface area contributed by atoms with Gasteiger partial charge in [-0.3, -0.25) is 4.79 Å². The minimum atomic E-state index is -0.461. The first-order valence-electron chi connectivity index (χ1n) is 9.47. The summed E-state index contributed by atoms with van der Waals surface area (Å²) in [4.78, 5) is 12.5. The maximum atomic E-state index is 12.5. The van der Waals surface area contributed by atoms with Gasteiger partial charge in [0.05, 0.1) is 24.3 Å². The number of hydrazone groups is 1. The van der Waals surface area contributed by atoms with Crippen LogP contribution < -0.4 is 14.9 Å². The highest BCUT2D eigenvalue weighted by Gasteiger charge is 2.48. The third-order valence-corrected chi connectivity index (χ3v) is 5.90. The molecule has 1 amide bonds. The van der Waals surface area contributed by atoms with E-state index < -0.39 is 5.41 Å². The van der Waals surface area contributed by atoms with Crippen LogP contribution >= 0.6 is 0 Å². The van der Waals surface area contributed by atoms with Crippen LogP contribution in [0.15, 0.2) is 23.3 Å². The predicted molar refractivity (Wildman–Crippen MR) is 96.1 cm³/mol. The van der Waals surface area contributed by atoms with Crippen molar-refractivity contribution in [3.63, 3.8) is 0 Å². The molecule has 0 radical (unpaired) electrons. The fourth-order valence-electron chi connectivity index (χ4n) is 4.49. The minimum Gasteiger partial charge on any atom is -0.493 e. The molecule has 1 aromatic rings. The number of benzene rings is 1. The quantitative estimate of drug-likeness (QED) is 0.905. The van der Waals surface area contributed by atoms with E-state index in [0.29, 0.717) is 0 Å². The first kappa shape index (κ1) is 16.4. The van der Waals surface area contributed by atoms with Gasteiger partial charge in [-0.1, -0.05) is 19.3 Å². The molecule has 0 aromatic heterocycles. The Morgan fingerprint density at radius 3 is 2.56 bits per heavy atom. The van der Waals surface area contributed by atoms with E-state index in [0.717, 1.165) is 61.3 Å². The molecule has 0 unspecified atom stereocenters. The third kappa shape index (κ3) is 2.90. The number of carbonyl (C=O) groups excluding carboxylic acids is 1. The van der Waals surface area contributed by atoms with Crippen molar-refractivity contribution in [1.29, 1.82) is 0 Å². The lowest BCUT2D eigenvalue weighted by molar-refractivity contribution is -0.127. The minimum absolute atomic E-state index is 0.0521. The molecule has 5 heteroatoms. The van der Waals surface area contributed by atoms with Gasteiger partial charge < -0.3 is 9.47 Å². The second-order valence-corrected chi connectivity index (χ2v) is 7.43. The van der Waals surface area contributed by atoms with E-state index in [2.05, 4.69) is 10.5 Å². The van der Waals surface area contributed by atoms with Crippen LogP contribution in [0.3, 0.4) is 0 Å². The van der Waals surface area contributed by atoms with Gasteiger partial charge in [0, 0.05) is 5.56 Å². The average Bonchev–Trinajstić information content (AvgIpc) is 3.25. The number of rotatable bonds is 4. The zero-order valence-electron chi connectivity index (χ0n) is 14.8. The summed E-state index contributed by atoms with van der Waals surface area (Å²) in [5, 5.41) is 4.41. The van der Waals surface area contributed by atoms with Crippen molar-refractivity contribution in [2.75, 3.05) is 7.11 Å². The standard InChI is InChI=1S/C20H26N2O3/c1-24-16-10-9-14(13-17(16)25-15-7-3-4-8-15)18-20(19(23)22-21-18)11-5-2-6-12-20/h9-10,13,15H,2-8,11-12H2,1H3,(H,22,23). The summed E-state index contributed by atoms with van der Waals surface area (Å²) in [6, 6.07) is 5.93. The number of carbonyl (C=O) groups is 1. The summed E-state index contributed by atoms with van der Waals surface area (Å²) in [6.07, 6.45) is 10.0. The summed E-state index contributed by atoms with van der Waals surface area (Å²) < 4.78 is 11.7. The molecule has 4 rings (SSSR count). The Balaban J connectivity index is 1.66. The van der Waals surface area contributed by atoms with Crippen LogP contribution in [0.5, 0.6) is 11.5 Å². The lowest BCUT2D eigenvalue weighted by Crippen LogP contribution is -2.40. The number of methoxy groups -OCH3 is 1. The molecule has 0 saturated heterocycles. The Labute approximate surface area is 148 Å². The Kier molecular flexibility index (Phi) is 4.40. The summed E-state index contributed by atoms with van der Waals surface area (Å²) in [7, 11) is 1.66. The van der Waals surface area contributed by atoms with E-state index in [1.165, 1.54) is 19.3 Å². The lowest BCUT2D eigenvalue weighted by atomic mass is 9.69. The molecular formula is C20H26N2O3. The van der Waals surface area contributed by atoms with Gasteiger partial charge in [0.25, 0.3) is 5.91 Å². The molecule has 2 saturated carbocycles. The van der Waals surface area contributed by atoms with Crippen molar-refractivity contribution >= 4 is 11.6 Å². The lowest BCUT2D eigenvalue weighted by Gasteiger charge is -2.32. The molecule has 134 valence electrons. The smallest absolute Gasteiger partial charge is 0.252 e. The van der Waals surface area contributed by atoms with Gasteiger partial charge in [-0.15, -0.1) is 0 Å². The normalized spacial score (nSPS) is 22.8. The summed E-state index contributed by atoms with van der Waals surface area (Å²) in [5.41, 5.74) is 4.10. The molecule has 0 bridgehead atoms. The van der Waals surface area contributed by atoms with Gasteiger partial charge in [0.2, 0.25) is 0 Å². The van der Waals surface area contributed by atoms with E-state index in [-0.39, 0.29) is 12.0 Å². The molecular weight excluding hydrogens is 316 g/mol. The maximum Gasteiger partial charge on any atom is 0.252 e. The predicted octanol–water partition coefficient (Wildman–Crippen LogP) is 3.80. The van der Waals surface area contributed by atoms with Crippen molar-refractivity contribution < 1.29 is 14.3 Å². The van der Waals surface area contributed by atoms with Crippen molar-refractivity contribution in [2.45, 2.75) is 63.9 Å². The zero-order chi connectivity index (χ0) is 17.3. The zero-order valence-corrected chi connectivity index (χ0v) is 14.8. The number of hydrogen-bond acceptors (Lipinski definition) is 4. The third-order valence-electron chi connectivity index (χ3n) is 5.90. The van der Waals surface area contributed by atoms with Crippen LogP contribution in [-0.2, 0) is 4.79 Å². The molecule has 5 nitrogen and oxygen atoms in total. The molecule has 3 aliphatic rings. The van der Waals surface area contributed by atoms with Gasteiger partial charge >= 0.3 is 0 Å². The first-order chi connectivity index (χ1) is 12.2. The van der Waals surface area contributed by atoms with Gasteiger partial charge in [0.15, 0.2) is 11.5 Å². The molecule has 2 fully saturated rings. The second-order valence-electron chi connectivity index (χ2n) is 7.43. The molecule has 2 aliphatic carbocycles. The van der Waals surface area contributed by atoms with Crippen molar-refractivity contribution in [1.82, 2.24) is 5.43 Å². The number of nitrogens with one attached hydrogen (secondary N) is 1. The van der Waals surface area contributed by atoms with E-state index in [1.54, 1.807) is 7.11 Å². The van der Waals surface area contributed by atoms with E-state index in [4.69, 9.17) is 9.47 Å². The number of ether oxygens (including phenoxy) is 2. The molecule has 1 aliphatic heterocycles. The van der Waals surface area contributed by atoms with Gasteiger partial charge in [0.1, 0.15) is 0 Å². The van der Waals surface area contributed by atoms with E-state index in [1.807, 2.05) is 18.2 Å². The highest BCUT2D eigenvalue weighted by molar-refractivity contribution is 6.20. The Morgan fingerprint density at radius 2 is 1.84 bits per heavy atom. The highest BCUT2D eigenvalue weighted by Crippen LogP contribution is 2.43. The summed E-state index contributed by atoms with van der Waals surface area (Å²) in [5.74, 6) is 1.56. The second kappa shape index (κ2) is 6.70. The van der Waals surface area contributed by atoms with Crippen molar-refractivity contribution in [3.05, 3.63) is 23.8 Å². The fraction of sp³-hybridized carbons (Fsp3) is 0.600. The molecule has 1 aromatic carbocycles. The Morgan fingerprint density at radius 1 is 1.08 bits per heavy atom. The van der Waals surface area contributed by atoms with Gasteiger partial charge in [-0.25, -0.2) is 5.43 Å².